The molecule has 0 aliphatic carbocycles. The molecular formula is C11H14N2O5S. The Kier molecular flexibility index (Phi) is 3.83. The second kappa shape index (κ2) is 5.24. The predicted molar refractivity (Wildman–Crippen MR) is 67.1 cm³/mol. The Morgan fingerprint density at radius 2 is 2.00 bits per heavy atom. The zero-order valence-electron chi connectivity index (χ0n) is 10.1. The summed E-state index contributed by atoms with van der Waals surface area (Å²) in [5, 5.41) is 19.7. The van der Waals surface area contributed by atoms with Crippen LogP contribution in [-0.4, -0.2) is 41.9 Å². The Hall–Kier alpha value is -1.51. The molecule has 0 aromatic heterocycles. The summed E-state index contributed by atoms with van der Waals surface area (Å²) in [7, 11) is -3.69. The molecule has 19 heavy (non-hydrogen) atoms. The quantitative estimate of drug-likeness (QED) is 0.650. The molecule has 8 heteroatoms. The summed E-state index contributed by atoms with van der Waals surface area (Å²) in [5.41, 5.74) is -0.154. The summed E-state index contributed by atoms with van der Waals surface area (Å²) in [6.45, 7) is 0.150. The average molecular weight is 286 g/mol. The van der Waals surface area contributed by atoms with Gasteiger partial charge in [0.1, 0.15) is 0 Å². The fourth-order valence-electron chi connectivity index (χ4n) is 2.18. The molecule has 1 heterocycles. The van der Waals surface area contributed by atoms with E-state index in [1.807, 2.05) is 0 Å². The van der Waals surface area contributed by atoms with Gasteiger partial charge < -0.3 is 5.11 Å². The van der Waals surface area contributed by atoms with Crippen molar-refractivity contribution in [2.75, 3.05) is 13.2 Å². The van der Waals surface area contributed by atoms with Crippen LogP contribution in [0.25, 0.3) is 0 Å². The molecule has 1 fully saturated rings. The largest absolute Gasteiger partial charge is 0.395 e. The maximum absolute atomic E-state index is 12.3. The normalized spacial score (nSPS) is 20.6. The molecule has 0 radical (unpaired) electrons. The van der Waals surface area contributed by atoms with Gasteiger partial charge in [-0.05, 0) is 25.0 Å². The van der Waals surface area contributed by atoms with Crippen LogP contribution in [-0.2, 0) is 10.0 Å². The monoisotopic (exact) mass is 286 g/mol. The highest BCUT2D eigenvalue weighted by atomic mass is 32.2. The lowest BCUT2D eigenvalue weighted by atomic mass is 10.2. The van der Waals surface area contributed by atoms with Crippen LogP contribution in [0.5, 0.6) is 0 Å². The van der Waals surface area contributed by atoms with Gasteiger partial charge in [0.2, 0.25) is 10.0 Å². The highest BCUT2D eigenvalue weighted by molar-refractivity contribution is 7.89. The van der Waals surface area contributed by atoms with Crippen molar-refractivity contribution in [2.45, 2.75) is 23.8 Å². The van der Waals surface area contributed by atoms with Crippen LogP contribution in [0.3, 0.4) is 0 Å². The van der Waals surface area contributed by atoms with Crippen molar-refractivity contribution in [3.63, 3.8) is 0 Å². The summed E-state index contributed by atoms with van der Waals surface area (Å²) in [6, 6.07) is 4.37. The lowest BCUT2D eigenvalue weighted by Gasteiger charge is -2.22. The second-order valence-electron chi connectivity index (χ2n) is 4.35. The number of aliphatic hydroxyl groups is 1. The van der Waals surface area contributed by atoms with Crippen LogP contribution in [0.1, 0.15) is 12.8 Å². The average Bonchev–Trinajstić information content (AvgIpc) is 2.87. The first-order chi connectivity index (χ1) is 8.96. The van der Waals surface area contributed by atoms with E-state index in [2.05, 4.69) is 0 Å². The van der Waals surface area contributed by atoms with Gasteiger partial charge in [0, 0.05) is 24.7 Å². The van der Waals surface area contributed by atoms with Crippen LogP contribution in [0.4, 0.5) is 5.69 Å². The zero-order valence-corrected chi connectivity index (χ0v) is 10.9. The van der Waals surface area contributed by atoms with Crippen molar-refractivity contribution < 1.29 is 18.4 Å². The van der Waals surface area contributed by atoms with Crippen LogP contribution < -0.4 is 0 Å². The van der Waals surface area contributed by atoms with Gasteiger partial charge in [-0.3, -0.25) is 10.1 Å². The maximum Gasteiger partial charge on any atom is 0.269 e. The van der Waals surface area contributed by atoms with Gasteiger partial charge in [-0.25, -0.2) is 8.42 Å². The van der Waals surface area contributed by atoms with E-state index in [0.717, 1.165) is 12.1 Å². The molecule has 0 spiro atoms. The third-order valence-electron chi connectivity index (χ3n) is 3.19. The number of sulfonamides is 1. The van der Waals surface area contributed by atoms with Crippen molar-refractivity contribution in [2.24, 2.45) is 0 Å². The number of nitro groups is 1. The van der Waals surface area contributed by atoms with E-state index in [-0.39, 0.29) is 17.2 Å². The van der Waals surface area contributed by atoms with Gasteiger partial charge in [-0.2, -0.15) is 4.31 Å². The number of benzene rings is 1. The minimum absolute atomic E-state index is 0.0125. The van der Waals surface area contributed by atoms with Crippen molar-refractivity contribution in [3.8, 4) is 0 Å². The Labute approximate surface area is 110 Å². The van der Waals surface area contributed by atoms with E-state index < -0.39 is 21.0 Å². The Bertz CT molecular complexity index is 569. The van der Waals surface area contributed by atoms with E-state index in [1.165, 1.54) is 16.4 Å². The van der Waals surface area contributed by atoms with E-state index in [4.69, 9.17) is 5.11 Å². The first kappa shape index (κ1) is 13.9. The number of hydrogen-bond acceptors (Lipinski definition) is 5. The highest BCUT2D eigenvalue weighted by Gasteiger charge is 2.34. The fraction of sp³-hybridized carbons (Fsp3) is 0.455. The smallest absolute Gasteiger partial charge is 0.269 e. The number of non-ortho nitro benzene ring substituents is 1. The molecule has 1 aliphatic heterocycles. The van der Waals surface area contributed by atoms with Gasteiger partial charge in [0.05, 0.1) is 16.4 Å². The summed E-state index contributed by atoms with van der Waals surface area (Å²) in [4.78, 5) is 9.96. The second-order valence-corrected chi connectivity index (χ2v) is 6.24. The van der Waals surface area contributed by atoms with Crippen molar-refractivity contribution in [3.05, 3.63) is 34.4 Å². The molecule has 0 unspecified atom stereocenters. The molecular weight excluding hydrogens is 272 g/mol. The van der Waals surface area contributed by atoms with Gasteiger partial charge in [0.15, 0.2) is 0 Å². The number of aliphatic hydroxyl groups excluding tert-OH is 1. The summed E-state index contributed by atoms with van der Waals surface area (Å²) >= 11 is 0. The molecule has 1 aromatic rings. The Morgan fingerprint density at radius 1 is 1.37 bits per heavy atom. The predicted octanol–water partition coefficient (Wildman–Crippen LogP) is 0.740. The summed E-state index contributed by atoms with van der Waals surface area (Å²) in [6.07, 6.45) is 1.33. The van der Waals surface area contributed by atoms with Crippen molar-refractivity contribution >= 4 is 15.7 Å². The zero-order chi connectivity index (χ0) is 14.0. The topological polar surface area (TPSA) is 101 Å². The molecule has 0 amide bonds. The molecule has 7 nitrogen and oxygen atoms in total. The Morgan fingerprint density at radius 3 is 2.53 bits per heavy atom. The van der Waals surface area contributed by atoms with E-state index in [9.17, 15) is 18.5 Å². The number of nitrogens with zero attached hydrogens (tertiary/aromatic N) is 2. The molecule has 1 aromatic carbocycles. The first-order valence-electron chi connectivity index (χ1n) is 5.84. The van der Waals surface area contributed by atoms with Crippen molar-refractivity contribution in [1.82, 2.24) is 4.31 Å². The molecule has 1 atom stereocenters. The number of nitro benzene ring substituents is 1. The summed E-state index contributed by atoms with van der Waals surface area (Å²) < 4.78 is 25.9. The summed E-state index contributed by atoms with van der Waals surface area (Å²) in [5.74, 6) is 0. The van der Waals surface area contributed by atoms with Gasteiger partial charge in [0.25, 0.3) is 5.69 Å². The molecule has 1 N–H and O–H groups in total. The molecule has 0 bridgehead atoms. The minimum Gasteiger partial charge on any atom is -0.395 e. The molecule has 1 aliphatic rings. The lowest BCUT2D eigenvalue weighted by Crippen LogP contribution is -2.37. The van der Waals surface area contributed by atoms with E-state index >= 15 is 0 Å². The highest BCUT2D eigenvalue weighted by Crippen LogP contribution is 2.26. The minimum atomic E-state index is -3.69. The Balaban J connectivity index is 2.31. The molecule has 2 rings (SSSR count). The van der Waals surface area contributed by atoms with Gasteiger partial charge in [-0.15, -0.1) is 0 Å². The number of hydrogen-bond donors (Lipinski definition) is 1. The van der Waals surface area contributed by atoms with Crippen LogP contribution >= 0.6 is 0 Å². The lowest BCUT2D eigenvalue weighted by molar-refractivity contribution is -0.384. The van der Waals surface area contributed by atoms with Crippen LogP contribution in [0.2, 0.25) is 0 Å². The van der Waals surface area contributed by atoms with E-state index in [0.29, 0.717) is 19.4 Å². The molecule has 104 valence electrons. The van der Waals surface area contributed by atoms with E-state index in [1.54, 1.807) is 0 Å². The van der Waals surface area contributed by atoms with Gasteiger partial charge in [-0.1, -0.05) is 0 Å². The van der Waals surface area contributed by atoms with Crippen molar-refractivity contribution in [1.29, 1.82) is 0 Å². The SMILES string of the molecule is O=[N+]([O-])c1ccc(S(=O)(=O)N2CCC[C@@H]2CO)cc1. The standard InChI is InChI=1S/C11H14N2O5S/c14-8-10-2-1-7-12(10)19(17,18)11-5-3-9(4-6-11)13(15)16/h3-6,10,14H,1-2,7-8H2/t10-/m1/s1. The van der Waals surface area contributed by atoms with Gasteiger partial charge >= 0.3 is 0 Å². The van der Waals surface area contributed by atoms with Crippen LogP contribution in [0.15, 0.2) is 29.2 Å². The number of rotatable bonds is 4. The maximum atomic E-state index is 12.3. The fourth-order valence-corrected chi connectivity index (χ4v) is 3.87. The molecule has 1 saturated heterocycles. The third kappa shape index (κ3) is 2.60. The van der Waals surface area contributed by atoms with Crippen LogP contribution in [0, 0.1) is 10.1 Å². The molecule has 0 saturated carbocycles. The first-order valence-corrected chi connectivity index (χ1v) is 7.28. The third-order valence-corrected chi connectivity index (χ3v) is 5.15.